The van der Waals surface area contributed by atoms with Gasteiger partial charge in [-0.25, -0.2) is 4.79 Å². The lowest BCUT2D eigenvalue weighted by atomic mass is 9.76. The SMILES string of the molecule is COCCCC(=O)C1CC2CCCC(C1)N2C(=O)OCC1c2ccccc2-c2ccccc21. The minimum absolute atomic E-state index is 0.0646. The van der Waals surface area contributed by atoms with Gasteiger partial charge in [0.15, 0.2) is 0 Å². The Hall–Kier alpha value is -2.66. The molecule has 2 saturated heterocycles. The molecule has 5 heteroatoms. The first-order chi connectivity index (χ1) is 16.2. The molecule has 2 fully saturated rings. The maximum absolute atomic E-state index is 13.3. The standard InChI is InChI=1S/C28H33NO4/c1-32-15-7-14-27(30)19-16-20-8-6-9-21(17-19)29(20)28(31)33-18-26-24-12-4-2-10-22(24)23-11-3-5-13-25(23)26/h2-5,10-13,19-21,26H,6-9,14-18H2,1H3. The van der Waals surface area contributed by atoms with E-state index in [1.807, 2.05) is 4.90 Å². The van der Waals surface area contributed by atoms with E-state index in [1.165, 1.54) is 22.3 Å². The molecule has 1 aliphatic carbocycles. The van der Waals surface area contributed by atoms with Crippen molar-refractivity contribution in [1.29, 1.82) is 0 Å². The normalized spacial score (nSPS) is 23.7. The number of fused-ring (bicyclic) bond motifs is 5. The lowest BCUT2D eigenvalue weighted by Crippen LogP contribution is -2.55. The zero-order chi connectivity index (χ0) is 22.8. The van der Waals surface area contributed by atoms with Crippen molar-refractivity contribution in [3.8, 4) is 11.1 Å². The van der Waals surface area contributed by atoms with Gasteiger partial charge < -0.3 is 14.4 Å². The van der Waals surface area contributed by atoms with Crippen LogP contribution < -0.4 is 0 Å². The lowest BCUT2D eigenvalue weighted by Gasteiger charge is -2.47. The number of methoxy groups -OCH3 is 1. The third-order valence-corrected chi connectivity index (χ3v) is 7.75. The van der Waals surface area contributed by atoms with Crippen molar-refractivity contribution >= 4 is 11.9 Å². The number of benzene rings is 2. The molecule has 1 amide bonds. The summed E-state index contributed by atoms with van der Waals surface area (Å²) in [5.41, 5.74) is 4.93. The smallest absolute Gasteiger partial charge is 0.410 e. The van der Waals surface area contributed by atoms with Crippen LogP contribution in [-0.2, 0) is 14.3 Å². The average molecular weight is 448 g/mol. The molecule has 2 unspecified atom stereocenters. The Labute approximate surface area is 196 Å². The van der Waals surface area contributed by atoms with E-state index in [9.17, 15) is 9.59 Å². The number of hydrogen-bond acceptors (Lipinski definition) is 4. The van der Waals surface area contributed by atoms with Crippen LogP contribution in [0.15, 0.2) is 48.5 Å². The lowest BCUT2D eigenvalue weighted by molar-refractivity contribution is -0.127. The molecule has 0 saturated carbocycles. The maximum Gasteiger partial charge on any atom is 0.410 e. The third-order valence-electron chi connectivity index (χ3n) is 7.75. The molecule has 2 aromatic carbocycles. The van der Waals surface area contributed by atoms with Crippen LogP contribution in [0.3, 0.4) is 0 Å². The van der Waals surface area contributed by atoms with Gasteiger partial charge in [0, 0.05) is 44.1 Å². The van der Waals surface area contributed by atoms with Gasteiger partial charge in [0.05, 0.1) is 0 Å². The highest BCUT2D eigenvalue weighted by atomic mass is 16.6. The third kappa shape index (κ3) is 4.31. The summed E-state index contributed by atoms with van der Waals surface area (Å²) in [6.07, 6.45) is 5.72. The summed E-state index contributed by atoms with van der Waals surface area (Å²) in [6, 6.07) is 17.0. The van der Waals surface area contributed by atoms with Gasteiger partial charge in [-0.3, -0.25) is 4.79 Å². The van der Waals surface area contributed by atoms with Gasteiger partial charge in [-0.05, 0) is 60.8 Å². The summed E-state index contributed by atoms with van der Waals surface area (Å²) in [4.78, 5) is 28.0. The van der Waals surface area contributed by atoms with Crippen molar-refractivity contribution < 1.29 is 19.1 Å². The highest BCUT2D eigenvalue weighted by Gasteiger charge is 2.43. The number of ketones is 1. The molecule has 0 N–H and O–H groups in total. The van der Waals surface area contributed by atoms with Crippen LogP contribution in [0, 0.1) is 5.92 Å². The fourth-order valence-corrected chi connectivity index (χ4v) is 6.21. The van der Waals surface area contributed by atoms with E-state index in [2.05, 4.69) is 48.5 Å². The average Bonchev–Trinajstić information content (AvgIpc) is 3.15. The van der Waals surface area contributed by atoms with Crippen molar-refractivity contribution in [2.75, 3.05) is 20.3 Å². The van der Waals surface area contributed by atoms with E-state index >= 15 is 0 Å². The van der Waals surface area contributed by atoms with E-state index in [-0.39, 0.29) is 30.0 Å². The van der Waals surface area contributed by atoms with Gasteiger partial charge in [-0.2, -0.15) is 0 Å². The van der Waals surface area contributed by atoms with Crippen molar-refractivity contribution in [1.82, 2.24) is 4.90 Å². The van der Waals surface area contributed by atoms with Gasteiger partial charge in [-0.15, -0.1) is 0 Å². The largest absolute Gasteiger partial charge is 0.448 e. The minimum Gasteiger partial charge on any atom is -0.448 e. The number of rotatable bonds is 7. The van der Waals surface area contributed by atoms with E-state index in [0.717, 1.165) is 38.5 Å². The van der Waals surface area contributed by atoms with Gasteiger partial charge in [0.25, 0.3) is 0 Å². The van der Waals surface area contributed by atoms with Crippen molar-refractivity contribution in [2.45, 2.75) is 62.9 Å². The molecule has 5 nitrogen and oxygen atoms in total. The summed E-state index contributed by atoms with van der Waals surface area (Å²) >= 11 is 0. The summed E-state index contributed by atoms with van der Waals surface area (Å²) in [7, 11) is 1.67. The molecule has 0 aromatic heterocycles. The van der Waals surface area contributed by atoms with E-state index in [0.29, 0.717) is 25.4 Å². The number of carbonyl (C=O) groups is 2. The predicted octanol–water partition coefficient (Wildman–Crippen LogP) is 5.56. The molecule has 2 bridgehead atoms. The number of nitrogens with zero attached hydrogens (tertiary/aromatic N) is 1. The zero-order valence-corrected chi connectivity index (χ0v) is 19.4. The van der Waals surface area contributed by atoms with Crippen LogP contribution >= 0.6 is 0 Å². The molecule has 0 radical (unpaired) electrons. The summed E-state index contributed by atoms with van der Waals surface area (Å²) in [5, 5.41) is 0. The fraction of sp³-hybridized carbons (Fsp3) is 0.500. The number of amides is 1. The molecule has 0 spiro atoms. The number of ether oxygens (including phenoxy) is 2. The molecule has 5 rings (SSSR count). The topological polar surface area (TPSA) is 55.8 Å². The Kier molecular flexibility index (Phi) is 6.50. The maximum atomic E-state index is 13.3. The molecule has 2 aliphatic heterocycles. The predicted molar refractivity (Wildman–Crippen MR) is 127 cm³/mol. The van der Waals surface area contributed by atoms with Crippen molar-refractivity contribution in [3.05, 3.63) is 59.7 Å². The molecular weight excluding hydrogens is 414 g/mol. The van der Waals surface area contributed by atoms with Crippen LogP contribution in [-0.4, -0.2) is 49.2 Å². The van der Waals surface area contributed by atoms with Gasteiger partial charge in [-0.1, -0.05) is 48.5 Å². The van der Waals surface area contributed by atoms with Crippen LogP contribution in [0.5, 0.6) is 0 Å². The molecule has 174 valence electrons. The Balaban J connectivity index is 1.25. The highest BCUT2D eigenvalue weighted by Crippen LogP contribution is 2.45. The summed E-state index contributed by atoms with van der Waals surface area (Å²) < 4.78 is 11.1. The molecular formula is C28H33NO4. The highest BCUT2D eigenvalue weighted by molar-refractivity contribution is 5.82. The second-order valence-electron chi connectivity index (χ2n) is 9.68. The first-order valence-corrected chi connectivity index (χ1v) is 12.3. The summed E-state index contributed by atoms with van der Waals surface area (Å²) in [5.74, 6) is 0.465. The number of carbonyl (C=O) groups excluding carboxylic acids is 2. The van der Waals surface area contributed by atoms with E-state index in [4.69, 9.17) is 9.47 Å². The second kappa shape index (κ2) is 9.68. The van der Waals surface area contributed by atoms with Crippen LogP contribution in [0.2, 0.25) is 0 Å². The first-order valence-electron chi connectivity index (χ1n) is 12.3. The zero-order valence-electron chi connectivity index (χ0n) is 19.4. The number of piperidine rings is 2. The Morgan fingerprint density at radius 1 is 0.939 bits per heavy atom. The first kappa shape index (κ1) is 22.1. The molecule has 3 aliphatic rings. The van der Waals surface area contributed by atoms with Gasteiger partial charge >= 0.3 is 6.09 Å². The second-order valence-corrected chi connectivity index (χ2v) is 9.68. The van der Waals surface area contributed by atoms with Crippen LogP contribution in [0.4, 0.5) is 4.79 Å². The van der Waals surface area contributed by atoms with E-state index in [1.54, 1.807) is 7.11 Å². The van der Waals surface area contributed by atoms with Gasteiger partial charge in [0.1, 0.15) is 12.4 Å². The Morgan fingerprint density at radius 2 is 1.55 bits per heavy atom. The monoisotopic (exact) mass is 447 g/mol. The number of Topliss-reactive ketones (excluding diaryl/α,β-unsaturated/α-hetero) is 1. The Bertz CT molecular complexity index is 959. The Morgan fingerprint density at radius 3 is 2.15 bits per heavy atom. The molecule has 2 heterocycles. The molecule has 33 heavy (non-hydrogen) atoms. The van der Waals surface area contributed by atoms with Crippen LogP contribution in [0.25, 0.3) is 11.1 Å². The fourth-order valence-electron chi connectivity index (χ4n) is 6.21. The van der Waals surface area contributed by atoms with Crippen molar-refractivity contribution in [3.63, 3.8) is 0 Å². The van der Waals surface area contributed by atoms with Gasteiger partial charge in [0.2, 0.25) is 0 Å². The number of hydrogen-bond donors (Lipinski definition) is 0. The molecule has 2 aromatic rings. The quantitative estimate of drug-likeness (QED) is 0.521. The minimum atomic E-state index is -0.211. The van der Waals surface area contributed by atoms with E-state index < -0.39 is 0 Å². The molecule has 2 atom stereocenters. The van der Waals surface area contributed by atoms with Crippen LogP contribution in [0.1, 0.15) is 62.0 Å². The summed E-state index contributed by atoms with van der Waals surface area (Å²) in [6.45, 7) is 0.972. The van der Waals surface area contributed by atoms with Crippen molar-refractivity contribution in [2.24, 2.45) is 5.92 Å².